The second-order valence-corrected chi connectivity index (χ2v) is 5.97. The van der Waals surface area contributed by atoms with Crippen molar-refractivity contribution in [2.24, 2.45) is 0 Å². The van der Waals surface area contributed by atoms with Gasteiger partial charge in [-0.05, 0) is 50.8 Å². The summed E-state index contributed by atoms with van der Waals surface area (Å²) in [6, 6.07) is 18.3. The van der Waals surface area contributed by atoms with Crippen molar-refractivity contribution < 1.29 is 0 Å². The van der Waals surface area contributed by atoms with Crippen molar-refractivity contribution in [1.82, 2.24) is 5.32 Å². The molecule has 0 heterocycles. The molecule has 0 aromatic heterocycles. The molecule has 112 valence electrons. The molecule has 2 aromatic rings. The third-order valence-corrected chi connectivity index (χ3v) is 3.96. The first kappa shape index (κ1) is 15.8. The Morgan fingerprint density at radius 3 is 2.33 bits per heavy atom. The molecule has 1 nitrogen and oxygen atoms in total. The van der Waals surface area contributed by atoms with Gasteiger partial charge >= 0.3 is 0 Å². The molecule has 21 heavy (non-hydrogen) atoms. The second kappa shape index (κ2) is 7.99. The lowest BCUT2D eigenvalue weighted by Gasteiger charge is -2.18. The Hall–Kier alpha value is -1.60. The molecule has 0 bridgehead atoms. The van der Waals surface area contributed by atoms with Crippen LogP contribution in [-0.2, 0) is 12.8 Å². The van der Waals surface area contributed by atoms with Crippen LogP contribution in [0.2, 0.25) is 0 Å². The van der Waals surface area contributed by atoms with E-state index in [9.17, 15) is 0 Å². The van der Waals surface area contributed by atoms with Crippen molar-refractivity contribution in [3.8, 4) is 0 Å². The largest absolute Gasteiger partial charge is 0.314 e. The summed E-state index contributed by atoms with van der Waals surface area (Å²) in [4.78, 5) is 0. The smallest absolute Gasteiger partial charge is 0.0110 e. The van der Waals surface area contributed by atoms with E-state index in [1.807, 2.05) is 0 Å². The van der Waals surface area contributed by atoms with Gasteiger partial charge in [0.2, 0.25) is 0 Å². The highest BCUT2D eigenvalue weighted by Gasteiger charge is 2.09. The van der Waals surface area contributed by atoms with E-state index in [4.69, 9.17) is 0 Å². The van der Waals surface area contributed by atoms with Crippen molar-refractivity contribution in [1.29, 1.82) is 0 Å². The molecule has 0 saturated heterocycles. The van der Waals surface area contributed by atoms with Gasteiger partial charge in [-0.2, -0.15) is 0 Å². The monoisotopic (exact) mass is 281 g/mol. The molecule has 2 rings (SSSR count). The minimum Gasteiger partial charge on any atom is -0.314 e. The molecule has 1 heteroatoms. The maximum absolute atomic E-state index is 3.63. The zero-order valence-corrected chi connectivity index (χ0v) is 13.5. The van der Waals surface area contributed by atoms with Crippen LogP contribution in [0.4, 0.5) is 0 Å². The molecule has 0 aliphatic rings. The number of aryl methyl sites for hydroxylation is 3. The predicted molar refractivity (Wildman–Crippen MR) is 91.8 cm³/mol. The summed E-state index contributed by atoms with van der Waals surface area (Å²) in [5.41, 5.74) is 5.56. The summed E-state index contributed by atoms with van der Waals surface area (Å²) in [5.74, 6) is 0. The van der Waals surface area contributed by atoms with Crippen LogP contribution < -0.4 is 5.32 Å². The molecule has 0 aliphatic heterocycles. The van der Waals surface area contributed by atoms with Crippen LogP contribution >= 0.6 is 0 Å². The highest BCUT2D eigenvalue weighted by molar-refractivity contribution is 5.24. The van der Waals surface area contributed by atoms with E-state index in [0.29, 0.717) is 6.04 Å². The van der Waals surface area contributed by atoms with E-state index in [0.717, 1.165) is 19.4 Å². The maximum Gasteiger partial charge on any atom is 0.0110 e. The summed E-state index contributed by atoms with van der Waals surface area (Å²) < 4.78 is 0. The first-order valence-electron chi connectivity index (χ1n) is 8.02. The Bertz CT molecular complexity index is 542. The van der Waals surface area contributed by atoms with E-state index in [2.05, 4.69) is 74.6 Å². The van der Waals surface area contributed by atoms with Gasteiger partial charge in [0.1, 0.15) is 0 Å². The molecular weight excluding hydrogens is 254 g/mol. The van der Waals surface area contributed by atoms with Crippen LogP contribution in [-0.4, -0.2) is 12.6 Å². The van der Waals surface area contributed by atoms with Crippen LogP contribution in [0.1, 0.15) is 35.6 Å². The van der Waals surface area contributed by atoms with Crippen LogP contribution in [0.3, 0.4) is 0 Å². The molecule has 1 N–H and O–H groups in total. The summed E-state index contributed by atoms with van der Waals surface area (Å²) in [6.45, 7) is 7.53. The summed E-state index contributed by atoms with van der Waals surface area (Å²) >= 11 is 0. The lowest BCUT2D eigenvalue weighted by molar-refractivity contribution is 0.491. The fourth-order valence-corrected chi connectivity index (χ4v) is 2.78. The zero-order valence-electron chi connectivity index (χ0n) is 13.5. The lowest BCUT2D eigenvalue weighted by Crippen LogP contribution is -2.31. The topological polar surface area (TPSA) is 12.0 Å². The average molecular weight is 281 g/mol. The molecular formula is C20H27N. The Morgan fingerprint density at radius 1 is 0.905 bits per heavy atom. The van der Waals surface area contributed by atoms with Gasteiger partial charge < -0.3 is 5.32 Å². The van der Waals surface area contributed by atoms with E-state index in [1.165, 1.54) is 28.7 Å². The normalized spacial score (nSPS) is 12.3. The van der Waals surface area contributed by atoms with Crippen molar-refractivity contribution in [3.05, 3.63) is 70.8 Å². The number of hydrogen-bond acceptors (Lipinski definition) is 1. The van der Waals surface area contributed by atoms with Crippen molar-refractivity contribution in [3.63, 3.8) is 0 Å². The summed E-state index contributed by atoms with van der Waals surface area (Å²) in [7, 11) is 0. The standard InChI is InChI=1S/C20H27N/c1-4-21-20(15-19-7-5-6-17(3)14-19)13-12-18-10-8-16(2)9-11-18/h5-11,14,20-21H,4,12-13,15H2,1-3H3. The molecule has 1 atom stereocenters. The maximum atomic E-state index is 3.63. The fraction of sp³-hybridized carbons (Fsp3) is 0.400. The van der Waals surface area contributed by atoms with E-state index in [1.54, 1.807) is 0 Å². The first-order chi connectivity index (χ1) is 10.2. The van der Waals surface area contributed by atoms with Crippen LogP contribution in [0.5, 0.6) is 0 Å². The number of hydrogen-bond donors (Lipinski definition) is 1. The first-order valence-corrected chi connectivity index (χ1v) is 8.02. The summed E-state index contributed by atoms with van der Waals surface area (Å²) in [6.07, 6.45) is 3.44. The van der Waals surface area contributed by atoms with Crippen LogP contribution in [0.15, 0.2) is 48.5 Å². The number of nitrogens with one attached hydrogen (secondary N) is 1. The lowest BCUT2D eigenvalue weighted by atomic mass is 9.98. The summed E-state index contributed by atoms with van der Waals surface area (Å²) in [5, 5.41) is 3.63. The van der Waals surface area contributed by atoms with E-state index < -0.39 is 0 Å². The second-order valence-electron chi connectivity index (χ2n) is 5.97. The molecule has 1 unspecified atom stereocenters. The van der Waals surface area contributed by atoms with Gasteiger partial charge in [-0.1, -0.05) is 66.6 Å². The quantitative estimate of drug-likeness (QED) is 0.790. The average Bonchev–Trinajstić information content (AvgIpc) is 2.47. The highest BCUT2D eigenvalue weighted by Crippen LogP contribution is 2.12. The van der Waals surface area contributed by atoms with Gasteiger partial charge in [0.25, 0.3) is 0 Å². The third kappa shape index (κ3) is 5.35. The third-order valence-electron chi connectivity index (χ3n) is 3.96. The van der Waals surface area contributed by atoms with Crippen LogP contribution in [0.25, 0.3) is 0 Å². The Balaban J connectivity index is 1.93. The molecule has 0 fully saturated rings. The minimum absolute atomic E-state index is 0.554. The number of likely N-dealkylation sites (N-methyl/N-ethyl adjacent to an activating group) is 1. The van der Waals surface area contributed by atoms with Gasteiger partial charge in [0, 0.05) is 6.04 Å². The van der Waals surface area contributed by atoms with Crippen molar-refractivity contribution in [2.45, 2.75) is 46.1 Å². The predicted octanol–water partition coefficient (Wildman–Crippen LogP) is 4.46. The van der Waals surface area contributed by atoms with Gasteiger partial charge in [0.05, 0.1) is 0 Å². The highest BCUT2D eigenvalue weighted by atomic mass is 14.9. The molecule has 2 aromatic carbocycles. The van der Waals surface area contributed by atoms with Gasteiger partial charge in [-0.15, -0.1) is 0 Å². The van der Waals surface area contributed by atoms with Crippen LogP contribution in [0, 0.1) is 13.8 Å². The minimum atomic E-state index is 0.554. The molecule has 0 radical (unpaired) electrons. The van der Waals surface area contributed by atoms with Gasteiger partial charge in [0.15, 0.2) is 0 Å². The van der Waals surface area contributed by atoms with Crippen molar-refractivity contribution in [2.75, 3.05) is 6.54 Å². The molecule has 0 amide bonds. The fourth-order valence-electron chi connectivity index (χ4n) is 2.78. The SMILES string of the molecule is CCNC(CCc1ccc(C)cc1)Cc1cccc(C)c1. The molecule has 0 spiro atoms. The number of rotatable bonds is 7. The van der Waals surface area contributed by atoms with E-state index >= 15 is 0 Å². The molecule has 0 saturated carbocycles. The van der Waals surface area contributed by atoms with Crippen molar-refractivity contribution >= 4 is 0 Å². The zero-order chi connectivity index (χ0) is 15.1. The number of benzene rings is 2. The van der Waals surface area contributed by atoms with Gasteiger partial charge in [-0.25, -0.2) is 0 Å². The molecule has 0 aliphatic carbocycles. The Kier molecular flexibility index (Phi) is 6.01. The van der Waals surface area contributed by atoms with Gasteiger partial charge in [-0.3, -0.25) is 0 Å². The van der Waals surface area contributed by atoms with E-state index in [-0.39, 0.29) is 0 Å². The Morgan fingerprint density at radius 2 is 1.67 bits per heavy atom. The Labute approximate surface area is 129 Å².